The molecule has 1 amide bonds. The van der Waals surface area contributed by atoms with Gasteiger partial charge < -0.3 is 19.4 Å². The van der Waals surface area contributed by atoms with E-state index >= 15 is 0 Å². The molecule has 192 valence electrons. The smallest absolute Gasteiger partial charge is 0.273 e. The molecule has 2 aromatic heterocycles. The van der Waals surface area contributed by atoms with Crippen molar-refractivity contribution in [1.29, 1.82) is 0 Å². The lowest BCUT2D eigenvalue weighted by atomic mass is 9.97. The molecule has 1 aliphatic heterocycles. The second-order valence-corrected chi connectivity index (χ2v) is 9.87. The Bertz CT molecular complexity index is 1610. The number of hydrogen-bond donors (Lipinski definition) is 1. The van der Waals surface area contributed by atoms with Crippen LogP contribution >= 0.6 is 11.6 Å². The summed E-state index contributed by atoms with van der Waals surface area (Å²) in [6.07, 6.45) is 5.09. The number of carbonyl (C=O) groups is 1. The van der Waals surface area contributed by atoms with Crippen LogP contribution in [0.3, 0.4) is 0 Å². The van der Waals surface area contributed by atoms with Gasteiger partial charge in [-0.15, -0.1) is 0 Å². The van der Waals surface area contributed by atoms with Crippen molar-refractivity contribution >= 4 is 28.8 Å². The minimum absolute atomic E-state index is 0.166. The lowest BCUT2D eigenvalue weighted by molar-refractivity contribution is 0.102. The molecular weight excluding hydrogens is 498 g/mol. The summed E-state index contributed by atoms with van der Waals surface area (Å²) in [5.41, 5.74) is 7.67. The highest BCUT2D eigenvalue weighted by Gasteiger charge is 2.29. The number of methoxy groups -OCH3 is 2. The number of aryl methyl sites for hydroxylation is 2. The minimum atomic E-state index is -0.166. The van der Waals surface area contributed by atoms with Gasteiger partial charge in [-0.25, -0.2) is 0 Å². The van der Waals surface area contributed by atoms with E-state index in [1.165, 1.54) is 5.56 Å². The average Bonchev–Trinajstić information content (AvgIpc) is 3.37. The first-order chi connectivity index (χ1) is 18.6. The van der Waals surface area contributed by atoms with E-state index in [1.54, 1.807) is 14.2 Å². The Kier molecular flexibility index (Phi) is 6.34. The molecule has 5 aromatic rings. The number of aromatic nitrogens is 2. The highest BCUT2D eigenvalue weighted by atomic mass is 35.5. The summed E-state index contributed by atoms with van der Waals surface area (Å²) in [5.74, 6) is 1.38. The highest BCUT2D eigenvalue weighted by Crippen LogP contribution is 2.40. The van der Waals surface area contributed by atoms with Crippen LogP contribution in [0.15, 0.2) is 79.0 Å². The maximum atomic E-state index is 14.0. The molecule has 7 heteroatoms. The van der Waals surface area contributed by atoms with Crippen molar-refractivity contribution in [3.05, 3.63) is 95.3 Å². The largest absolute Gasteiger partial charge is 0.497 e. The van der Waals surface area contributed by atoms with Crippen molar-refractivity contribution in [1.82, 2.24) is 8.97 Å². The van der Waals surface area contributed by atoms with E-state index in [0.717, 1.165) is 65.3 Å². The highest BCUT2D eigenvalue weighted by molar-refractivity contribution is 6.30. The summed E-state index contributed by atoms with van der Waals surface area (Å²) in [5, 5.41) is 3.78. The van der Waals surface area contributed by atoms with Gasteiger partial charge in [0, 0.05) is 34.6 Å². The molecule has 0 unspecified atom stereocenters. The van der Waals surface area contributed by atoms with Crippen LogP contribution < -0.4 is 14.8 Å². The molecule has 0 atom stereocenters. The Morgan fingerprint density at radius 2 is 1.47 bits per heavy atom. The van der Waals surface area contributed by atoms with Crippen molar-refractivity contribution in [2.75, 3.05) is 19.5 Å². The van der Waals surface area contributed by atoms with Gasteiger partial charge >= 0.3 is 0 Å². The number of amides is 1. The Morgan fingerprint density at radius 1 is 0.842 bits per heavy atom. The molecule has 0 saturated carbocycles. The van der Waals surface area contributed by atoms with E-state index in [1.807, 2.05) is 60.7 Å². The lowest BCUT2D eigenvalue weighted by Gasteiger charge is -2.11. The van der Waals surface area contributed by atoms with Crippen LogP contribution in [-0.2, 0) is 13.0 Å². The standard InChI is InChI=1S/C31H28ClN3O3/c1-37-24-14-8-20(9-15-24)27-19-35-29(30(36)33-23-12-16-25(38-2)17-13-23)28(21-6-10-22(32)11-7-21)26-5-3-4-18-34(27)31(26)35/h6-17,19H,3-5,18H2,1-2H3,(H,33,36). The monoisotopic (exact) mass is 525 g/mol. The Labute approximate surface area is 226 Å². The molecule has 1 N–H and O–H groups in total. The van der Waals surface area contributed by atoms with Gasteiger partial charge in [0.2, 0.25) is 0 Å². The van der Waals surface area contributed by atoms with Gasteiger partial charge in [0.15, 0.2) is 0 Å². The lowest BCUT2D eigenvalue weighted by Crippen LogP contribution is -2.15. The second-order valence-electron chi connectivity index (χ2n) is 9.44. The Morgan fingerprint density at radius 3 is 2.13 bits per heavy atom. The number of halogens is 1. The first-order valence-electron chi connectivity index (χ1n) is 12.7. The second kappa shape index (κ2) is 9.95. The zero-order valence-corrected chi connectivity index (χ0v) is 22.1. The van der Waals surface area contributed by atoms with Gasteiger partial charge in [-0.2, -0.15) is 0 Å². The SMILES string of the molecule is COc1ccc(NC(=O)c2c(-c3ccc(Cl)cc3)c3c4n(c(-c5ccc(OC)cc5)cn24)CCCC3)cc1. The van der Waals surface area contributed by atoms with Gasteiger partial charge in [0.05, 0.1) is 19.9 Å². The molecule has 0 fully saturated rings. The van der Waals surface area contributed by atoms with Crippen LogP contribution in [0.4, 0.5) is 5.69 Å². The van der Waals surface area contributed by atoms with Crippen LogP contribution in [0.25, 0.3) is 28.0 Å². The normalized spacial score (nSPS) is 12.8. The molecule has 0 radical (unpaired) electrons. The zero-order chi connectivity index (χ0) is 26.2. The Hall–Kier alpha value is -4.16. The van der Waals surface area contributed by atoms with Crippen molar-refractivity contribution in [3.63, 3.8) is 0 Å². The number of carbonyl (C=O) groups excluding carboxylic acids is 1. The fourth-order valence-electron chi connectivity index (χ4n) is 5.39. The molecular formula is C31H28ClN3O3. The third-order valence-electron chi connectivity index (χ3n) is 7.22. The average molecular weight is 526 g/mol. The molecule has 38 heavy (non-hydrogen) atoms. The number of nitrogens with zero attached hydrogens (tertiary/aromatic N) is 2. The van der Waals surface area contributed by atoms with Gasteiger partial charge in [-0.05, 0) is 91.1 Å². The fraction of sp³-hybridized carbons (Fsp3) is 0.194. The Balaban J connectivity index is 1.56. The van der Waals surface area contributed by atoms with Crippen molar-refractivity contribution < 1.29 is 14.3 Å². The summed E-state index contributed by atoms with van der Waals surface area (Å²) in [6.45, 7) is 0.883. The molecule has 0 aliphatic carbocycles. The minimum Gasteiger partial charge on any atom is -0.497 e. The molecule has 6 rings (SSSR count). The van der Waals surface area contributed by atoms with Gasteiger partial charge in [0.1, 0.15) is 22.8 Å². The van der Waals surface area contributed by atoms with Gasteiger partial charge in [-0.3, -0.25) is 9.20 Å². The number of imidazole rings is 1. The van der Waals surface area contributed by atoms with Crippen LogP contribution in [-0.4, -0.2) is 29.1 Å². The van der Waals surface area contributed by atoms with Crippen LogP contribution in [0, 0.1) is 0 Å². The number of anilines is 1. The fourth-order valence-corrected chi connectivity index (χ4v) is 5.52. The predicted molar refractivity (Wildman–Crippen MR) is 152 cm³/mol. The summed E-state index contributed by atoms with van der Waals surface area (Å²) in [4.78, 5) is 14.0. The maximum Gasteiger partial charge on any atom is 0.273 e. The maximum absolute atomic E-state index is 14.0. The van der Waals surface area contributed by atoms with E-state index in [4.69, 9.17) is 21.1 Å². The number of nitrogens with one attached hydrogen (secondary N) is 1. The molecule has 3 aromatic carbocycles. The predicted octanol–water partition coefficient (Wildman–Crippen LogP) is 7.33. The van der Waals surface area contributed by atoms with Gasteiger partial charge in [0.25, 0.3) is 5.91 Å². The molecule has 1 aliphatic rings. The summed E-state index contributed by atoms with van der Waals surface area (Å²) < 4.78 is 15.1. The molecule has 3 heterocycles. The van der Waals surface area contributed by atoms with E-state index in [2.05, 4.69) is 32.6 Å². The number of hydrogen-bond acceptors (Lipinski definition) is 3. The topological polar surface area (TPSA) is 56.9 Å². The number of ether oxygens (including phenoxy) is 2. The quantitative estimate of drug-likeness (QED) is 0.252. The van der Waals surface area contributed by atoms with E-state index in [-0.39, 0.29) is 5.91 Å². The number of benzene rings is 3. The van der Waals surface area contributed by atoms with E-state index in [9.17, 15) is 4.79 Å². The molecule has 0 spiro atoms. The van der Waals surface area contributed by atoms with E-state index < -0.39 is 0 Å². The van der Waals surface area contributed by atoms with Crippen molar-refractivity contribution in [3.8, 4) is 33.9 Å². The first kappa shape index (κ1) is 24.2. The number of rotatable bonds is 6. The van der Waals surface area contributed by atoms with Crippen LogP contribution in [0.5, 0.6) is 11.5 Å². The zero-order valence-electron chi connectivity index (χ0n) is 21.3. The van der Waals surface area contributed by atoms with Crippen molar-refractivity contribution in [2.45, 2.75) is 25.8 Å². The van der Waals surface area contributed by atoms with Gasteiger partial charge in [-0.1, -0.05) is 23.7 Å². The summed E-state index contributed by atoms with van der Waals surface area (Å²) in [6, 6.07) is 23.2. The molecule has 0 bridgehead atoms. The molecule has 0 saturated heterocycles. The summed E-state index contributed by atoms with van der Waals surface area (Å²) in [7, 11) is 3.29. The summed E-state index contributed by atoms with van der Waals surface area (Å²) >= 11 is 6.23. The van der Waals surface area contributed by atoms with Crippen LogP contribution in [0.1, 0.15) is 28.9 Å². The van der Waals surface area contributed by atoms with E-state index in [0.29, 0.717) is 16.4 Å². The van der Waals surface area contributed by atoms with Crippen molar-refractivity contribution in [2.24, 2.45) is 0 Å². The first-order valence-corrected chi connectivity index (χ1v) is 13.1. The third kappa shape index (κ3) is 4.21. The third-order valence-corrected chi connectivity index (χ3v) is 7.47. The molecule has 6 nitrogen and oxygen atoms in total. The van der Waals surface area contributed by atoms with Crippen LogP contribution in [0.2, 0.25) is 5.02 Å².